The van der Waals surface area contributed by atoms with Gasteiger partial charge in [0.2, 0.25) is 0 Å². The van der Waals surface area contributed by atoms with Crippen molar-refractivity contribution in [2.45, 2.75) is 65.5 Å². The molecule has 0 spiro atoms. The quantitative estimate of drug-likeness (QED) is 0.532. The second-order valence-electron chi connectivity index (χ2n) is 9.91. The van der Waals surface area contributed by atoms with Gasteiger partial charge in [0, 0.05) is 0 Å². The molecule has 1 atom stereocenters. The van der Waals surface area contributed by atoms with Gasteiger partial charge in [-0.2, -0.15) is 0 Å². The topological polar surface area (TPSA) is 25.0 Å². The Morgan fingerprint density at radius 2 is 0.960 bits per heavy atom. The van der Waals surface area contributed by atoms with Crippen LogP contribution in [-0.2, 0) is 0 Å². The Hall–Kier alpha value is 1.10. The molecule has 0 saturated heterocycles. The van der Waals surface area contributed by atoms with Crippen molar-refractivity contribution in [2.75, 3.05) is 28.2 Å². The predicted molar refractivity (Wildman–Crippen MR) is 133 cm³/mol. The maximum atomic E-state index is 3.69. The van der Waals surface area contributed by atoms with E-state index in [2.05, 4.69) is 115 Å². The summed E-state index contributed by atoms with van der Waals surface area (Å²) in [6.45, 7) is 25.1. The van der Waals surface area contributed by atoms with Crippen molar-refractivity contribution in [3.63, 3.8) is 0 Å². The first-order valence-corrected chi connectivity index (χ1v) is 24.9. The summed E-state index contributed by atoms with van der Waals surface area (Å²) in [6.07, 6.45) is 0. The number of nitrogens with one attached hydrogen (secondary N) is 1. The van der Waals surface area contributed by atoms with E-state index in [1.807, 2.05) is 0 Å². The third-order valence-corrected chi connectivity index (χ3v) is 36.7. The van der Waals surface area contributed by atoms with Crippen molar-refractivity contribution in [3.05, 3.63) is 0 Å². The van der Waals surface area contributed by atoms with E-state index in [0.29, 0.717) is 0 Å². The SMILES string of the molecule is CN([SiH](C)N[SiH3])[Si](C)(C)N(C)[Si](C)(C)N(C)[Si](C)(C)N(C)[Si](C)(C)C. The summed E-state index contributed by atoms with van der Waals surface area (Å²) in [5.74, 6) is 0. The highest BCUT2D eigenvalue weighted by Crippen LogP contribution is 2.29. The third kappa shape index (κ3) is 5.56. The van der Waals surface area contributed by atoms with Gasteiger partial charge in [0.1, 0.15) is 8.24 Å². The summed E-state index contributed by atoms with van der Waals surface area (Å²) < 4.78 is 14.9. The monoisotopic (exact) mass is 453 g/mol. The maximum absolute atomic E-state index is 3.69. The Balaban J connectivity index is 5.74. The van der Waals surface area contributed by atoms with Gasteiger partial charge < -0.3 is 21.6 Å². The number of hydrogen-bond donors (Lipinski definition) is 1. The standard InChI is InChI=1S/C14H47N5Si6/c1-16(21(5)15-20)23(9,10)18(3)25(13,14)19(4)24(11,12)17(2)22(6,7)8/h15,21H,1-14,20H3. The van der Waals surface area contributed by atoms with E-state index < -0.39 is 42.5 Å². The van der Waals surface area contributed by atoms with Crippen LogP contribution in [0.1, 0.15) is 0 Å². The second kappa shape index (κ2) is 8.63. The van der Waals surface area contributed by atoms with Crippen LogP contribution in [0.25, 0.3) is 0 Å². The van der Waals surface area contributed by atoms with E-state index in [0.717, 1.165) is 10.4 Å². The minimum absolute atomic E-state index is 0.972. The molecule has 0 aromatic rings. The van der Waals surface area contributed by atoms with E-state index >= 15 is 0 Å². The summed E-state index contributed by atoms with van der Waals surface area (Å²) in [4.78, 5) is 0. The lowest BCUT2D eigenvalue weighted by Gasteiger charge is -2.58. The smallest absolute Gasteiger partial charge is 0.188 e. The summed E-state index contributed by atoms with van der Waals surface area (Å²) in [6, 6.07) is 0. The van der Waals surface area contributed by atoms with Crippen molar-refractivity contribution >= 4 is 53.0 Å². The lowest BCUT2D eigenvalue weighted by molar-refractivity contribution is 0.540. The molecule has 25 heavy (non-hydrogen) atoms. The normalized spacial score (nSPS) is 16.6. The summed E-state index contributed by atoms with van der Waals surface area (Å²) in [5.41, 5.74) is 0. The molecular weight excluding hydrogens is 407 g/mol. The second-order valence-corrected chi connectivity index (χ2v) is 34.2. The molecule has 0 rings (SSSR count). The molecule has 0 aromatic heterocycles. The van der Waals surface area contributed by atoms with Crippen molar-refractivity contribution in [1.82, 2.24) is 21.6 Å². The molecule has 0 saturated carbocycles. The Bertz CT molecular complexity index is 440. The first-order valence-electron chi connectivity index (χ1n) is 9.48. The van der Waals surface area contributed by atoms with Crippen LogP contribution in [0.2, 0.25) is 65.5 Å². The zero-order valence-corrected chi connectivity index (χ0v) is 27.0. The molecule has 0 aliphatic rings. The molecular formula is C14H47N5Si6. The number of hydrogen-bond acceptors (Lipinski definition) is 5. The van der Waals surface area contributed by atoms with E-state index in [1.165, 1.54) is 0 Å². The average molecular weight is 454 g/mol. The first kappa shape index (κ1) is 26.1. The number of rotatable bonds is 9. The zero-order valence-electron chi connectivity index (χ0n) is 19.9. The van der Waals surface area contributed by atoms with Crippen LogP contribution in [0, 0.1) is 0 Å². The van der Waals surface area contributed by atoms with Gasteiger partial charge in [-0.1, -0.05) is 19.6 Å². The molecule has 5 nitrogen and oxygen atoms in total. The van der Waals surface area contributed by atoms with Gasteiger partial charge in [-0.15, -0.1) is 0 Å². The summed E-state index contributed by atoms with van der Waals surface area (Å²) in [5, 5.41) is 0. The van der Waals surface area contributed by atoms with Crippen LogP contribution in [0.4, 0.5) is 0 Å². The predicted octanol–water partition coefficient (Wildman–Crippen LogP) is 1.37. The van der Waals surface area contributed by atoms with Crippen LogP contribution < -0.4 is 4.65 Å². The summed E-state index contributed by atoms with van der Waals surface area (Å²) in [7, 11) is 3.43. The van der Waals surface area contributed by atoms with E-state index in [4.69, 9.17) is 0 Å². The van der Waals surface area contributed by atoms with Gasteiger partial charge in [-0.05, 0) is 74.0 Å². The van der Waals surface area contributed by atoms with Crippen LogP contribution in [0.5, 0.6) is 0 Å². The summed E-state index contributed by atoms with van der Waals surface area (Å²) >= 11 is 0. The van der Waals surface area contributed by atoms with E-state index in [9.17, 15) is 0 Å². The highest BCUT2D eigenvalue weighted by Gasteiger charge is 2.50. The van der Waals surface area contributed by atoms with Crippen molar-refractivity contribution in [1.29, 1.82) is 0 Å². The highest BCUT2D eigenvalue weighted by molar-refractivity contribution is 6.99. The molecule has 1 N–H and O–H groups in total. The van der Waals surface area contributed by atoms with Crippen molar-refractivity contribution < 1.29 is 0 Å². The van der Waals surface area contributed by atoms with Gasteiger partial charge in [0.15, 0.2) is 34.3 Å². The van der Waals surface area contributed by atoms with Gasteiger partial charge in [-0.3, -0.25) is 0 Å². The van der Waals surface area contributed by atoms with Crippen molar-refractivity contribution in [3.8, 4) is 0 Å². The fourth-order valence-corrected chi connectivity index (χ4v) is 32.4. The van der Waals surface area contributed by atoms with E-state index in [1.54, 1.807) is 0 Å². The largest absolute Gasteiger partial charge is 0.358 e. The number of nitrogens with zero attached hydrogens (tertiary/aromatic N) is 4. The molecule has 0 fully saturated rings. The Morgan fingerprint density at radius 1 is 0.640 bits per heavy atom. The lowest BCUT2D eigenvalue weighted by Crippen LogP contribution is -2.80. The highest BCUT2D eigenvalue weighted by atomic mass is 28.5. The third-order valence-electron chi connectivity index (χ3n) is 6.97. The maximum Gasteiger partial charge on any atom is 0.188 e. The minimum atomic E-state index is -1.71. The van der Waals surface area contributed by atoms with Gasteiger partial charge >= 0.3 is 0 Å². The van der Waals surface area contributed by atoms with Crippen LogP contribution in [0.15, 0.2) is 0 Å². The van der Waals surface area contributed by atoms with Crippen LogP contribution in [-0.4, -0.2) is 98.1 Å². The Morgan fingerprint density at radius 3 is 1.28 bits per heavy atom. The molecule has 0 aliphatic heterocycles. The molecule has 0 aromatic carbocycles. The molecule has 0 aliphatic carbocycles. The Kier molecular flexibility index (Phi) is 9.01. The van der Waals surface area contributed by atoms with Gasteiger partial charge in [0.05, 0.1) is 10.4 Å². The van der Waals surface area contributed by atoms with Crippen LogP contribution in [0.3, 0.4) is 0 Å². The van der Waals surface area contributed by atoms with Gasteiger partial charge in [-0.25, -0.2) is 0 Å². The fraction of sp³-hybridized carbons (Fsp3) is 1.00. The molecule has 1 unspecified atom stereocenters. The molecule has 0 bridgehead atoms. The molecule has 152 valence electrons. The Labute approximate surface area is 168 Å². The molecule has 0 heterocycles. The zero-order chi connectivity index (χ0) is 20.6. The van der Waals surface area contributed by atoms with Gasteiger partial charge in [0.25, 0.3) is 0 Å². The molecule has 0 radical (unpaired) electrons. The minimum Gasteiger partial charge on any atom is -0.358 e. The van der Waals surface area contributed by atoms with E-state index in [-0.39, 0.29) is 0 Å². The average Bonchev–Trinajstić information content (AvgIpc) is 2.49. The first-order chi connectivity index (χ1) is 10.9. The fourth-order valence-electron chi connectivity index (χ4n) is 3.51. The van der Waals surface area contributed by atoms with Crippen LogP contribution >= 0.6 is 0 Å². The molecule has 11 heteroatoms. The lowest BCUT2D eigenvalue weighted by atomic mass is 11.5. The van der Waals surface area contributed by atoms with Crippen molar-refractivity contribution in [2.24, 2.45) is 0 Å². The molecule has 0 amide bonds.